The number of hydrogen-bond acceptors (Lipinski definition) is 3. The topological polar surface area (TPSA) is 58.6 Å². The molecule has 1 unspecified atom stereocenters. The Hall–Kier alpha value is -1.95. The Morgan fingerprint density at radius 1 is 1.35 bits per heavy atom. The molecule has 1 atom stereocenters. The molecular formula is C17H23FN2O3. The van der Waals surface area contributed by atoms with Crippen LogP contribution in [0.3, 0.4) is 0 Å². The molecule has 0 bridgehead atoms. The summed E-state index contributed by atoms with van der Waals surface area (Å²) in [5, 5.41) is 0. The number of carbonyl (C=O) groups excluding carboxylic acids is 2. The minimum atomic E-state index is -0.712. The third-order valence-electron chi connectivity index (χ3n) is 3.89. The van der Waals surface area contributed by atoms with Gasteiger partial charge in [-0.1, -0.05) is 12.1 Å². The van der Waals surface area contributed by atoms with E-state index in [1.807, 2.05) is 20.8 Å². The van der Waals surface area contributed by atoms with E-state index in [-0.39, 0.29) is 23.9 Å². The van der Waals surface area contributed by atoms with E-state index in [1.54, 1.807) is 17.0 Å². The number of hydroxylamine groups is 1. The molecule has 0 radical (unpaired) electrons. The number of likely N-dealkylation sites (tertiary alicyclic amines) is 1. The van der Waals surface area contributed by atoms with Crippen LogP contribution in [-0.2, 0) is 21.0 Å². The van der Waals surface area contributed by atoms with Crippen LogP contribution in [0.1, 0.15) is 39.2 Å². The Kier molecular flexibility index (Phi) is 5.36. The lowest BCUT2D eigenvalue weighted by molar-refractivity contribution is -0.154. The molecule has 2 rings (SSSR count). The van der Waals surface area contributed by atoms with E-state index in [4.69, 9.17) is 4.84 Å². The average Bonchev–Trinajstić information content (AvgIpc) is 2.48. The summed E-state index contributed by atoms with van der Waals surface area (Å²) < 4.78 is 12.8. The molecule has 0 aromatic heterocycles. The number of nitrogens with zero attached hydrogens (tertiary/aromatic N) is 1. The van der Waals surface area contributed by atoms with Gasteiger partial charge in [0.05, 0.1) is 6.61 Å². The highest BCUT2D eigenvalue weighted by molar-refractivity contribution is 6.00. The second-order valence-corrected chi connectivity index (χ2v) is 6.74. The summed E-state index contributed by atoms with van der Waals surface area (Å²) in [6.07, 6.45) is 1.32. The van der Waals surface area contributed by atoms with Crippen molar-refractivity contribution in [2.75, 3.05) is 6.54 Å². The molecule has 1 N–H and O–H groups in total. The molecular weight excluding hydrogens is 299 g/mol. The van der Waals surface area contributed by atoms with Crippen LogP contribution in [-0.4, -0.2) is 28.8 Å². The van der Waals surface area contributed by atoms with Crippen molar-refractivity contribution in [1.82, 2.24) is 10.4 Å². The number of piperidine rings is 1. The van der Waals surface area contributed by atoms with Crippen molar-refractivity contribution in [2.24, 2.45) is 5.92 Å². The van der Waals surface area contributed by atoms with E-state index < -0.39 is 11.8 Å². The van der Waals surface area contributed by atoms with Crippen molar-refractivity contribution in [3.05, 3.63) is 35.6 Å². The average molecular weight is 322 g/mol. The van der Waals surface area contributed by atoms with E-state index in [2.05, 4.69) is 5.48 Å². The maximum absolute atomic E-state index is 12.8. The first kappa shape index (κ1) is 17.4. The monoisotopic (exact) mass is 322 g/mol. The Morgan fingerprint density at radius 2 is 2.00 bits per heavy atom. The molecule has 2 amide bonds. The van der Waals surface area contributed by atoms with Gasteiger partial charge in [-0.15, -0.1) is 0 Å². The summed E-state index contributed by atoms with van der Waals surface area (Å²) in [6.45, 7) is 6.65. The van der Waals surface area contributed by atoms with Crippen LogP contribution >= 0.6 is 0 Å². The smallest absolute Gasteiger partial charge is 0.256 e. The molecule has 0 aliphatic carbocycles. The summed E-state index contributed by atoms with van der Waals surface area (Å²) in [7, 11) is 0. The zero-order chi connectivity index (χ0) is 17.0. The van der Waals surface area contributed by atoms with Gasteiger partial charge in [0, 0.05) is 12.1 Å². The quantitative estimate of drug-likeness (QED) is 0.684. The van der Waals surface area contributed by atoms with Crippen molar-refractivity contribution in [1.29, 1.82) is 0 Å². The summed E-state index contributed by atoms with van der Waals surface area (Å²) in [5.74, 6) is -1.62. The number of hydrogen-bond donors (Lipinski definition) is 1. The van der Waals surface area contributed by atoms with Crippen molar-refractivity contribution < 1.29 is 18.8 Å². The van der Waals surface area contributed by atoms with Crippen LogP contribution in [0.2, 0.25) is 0 Å². The Balaban J connectivity index is 1.87. The lowest BCUT2D eigenvalue weighted by atomic mass is 9.92. The number of amides is 2. The molecule has 0 saturated carbocycles. The van der Waals surface area contributed by atoms with Crippen LogP contribution in [0.25, 0.3) is 0 Å². The van der Waals surface area contributed by atoms with Gasteiger partial charge in [0.15, 0.2) is 0 Å². The fourth-order valence-corrected chi connectivity index (χ4v) is 2.63. The Labute approximate surface area is 135 Å². The van der Waals surface area contributed by atoms with Gasteiger partial charge in [0.2, 0.25) is 5.91 Å². The first-order chi connectivity index (χ1) is 10.8. The summed E-state index contributed by atoms with van der Waals surface area (Å²) >= 11 is 0. The fourth-order valence-electron chi connectivity index (χ4n) is 2.63. The highest BCUT2D eigenvalue weighted by Crippen LogP contribution is 2.25. The predicted molar refractivity (Wildman–Crippen MR) is 83.5 cm³/mol. The van der Waals surface area contributed by atoms with Crippen LogP contribution < -0.4 is 5.48 Å². The summed E-state index contributed by atoms with van der Waals surface area (Å²) in [4.78, 5) is 31.5. The molecule has 1 aromatic carbocycles. The van der Waals surface area contributed by atoms with Gasteiger partial charge in [-0.2, -0.15) is 0 Å². The molecule has 1 aromatic rings. The second-order valence-electron chi connectivity index (χ2n) is 6.74. The van der Waals surface area contributed by atoms with Crippen molar-refractivity contribution >= 4 is 11.8 Å². The third-order valence-corrected chi connectivity index (χ3v) is 3.89. The van der Waals surface area contributed by atoms with Gasteiger partial charge in [-0.3, -0.25) is 14.4 Å². The predicted octanol–water partition coefficient (Wildman–Crippen LogP) is 2.41. The third kappa shape index (κ3) is 4.51. The first-order valence-electron chi connectivity index (χ1n) is 7.76. The van der Waals surface area contributed by atoms with E-state index >= 15 is 0 Å². The van der Waals surface area contributed by atoms with Crippen molar-refractivity contribution in [3.8, 4) is 0 Å². The zero-order valence-electron chi connectivity index (χ0n) is 13.8. The first-order valence-corrected chi connectivity index (χ1v) is 7.76. The Morgan fingerprint density at radius 3 is 2.61 bits per heavy atom. The molecule has 1 aliphatic rings. The lowest BCUT2D eigenvalue weighted by Crippen LogP contribution is -2.54. The fraction of sp³-hybridized carbons (Fsp3) is 0.529. The van der Waals surface area contributed by atoms with Gasteiger partial charge >= 0.3 is 0 Å². The Bertz CT molecular complexity index is 566. The maximum atomic E-state index is 12.8. The summed E-state index contributed by atoms with van der Waals surface area (Å²) in [5.41, 5.74) is 2.77. The van der Waals surface area contributed by atoms with Gasteiger partial charge in [-0.05, 0) is 51.3 Å². The molecule has 0 spiro atoms. The molecule has 126 valence electrons. The lowest BCUT2D eigenvalue weighted by Gasteiger charge is -2.40. The highest BCUT2D eigenvalue weighted by atomic mass is 19.1. The molecule has 1 fully saturated rings. The SMILES string of the molecule is CC(C)(C)N1CCCC(C(=O)NOCc2ccc(F)cc2)C1=O. The van der Waals surface area contributed by atoms with Crippen LogP contribution in [0.5, 0.6) is 0 Å². The standard InChI is InChI=1S/C17H23FN2O3/c1-17(2,3)20-10-4-5-14(16(20)22)15(21)19-23-11-12-6-8-13(18)9-7-12/h6-9,14H,4-5,10-11H2,1-3H3,(H,19,21). The van der Waals surface area contributed by atoms with Crippen LogP contribution in [0.15, 0.2) is 24.3 Å². The van der Waals surface area contributed by atoms with Gasteiger partial charge in [-0.25, -0.2) is 9.87 Å². The normalized spacial score (nSPS) is 18.9. The van der Waals surface area contributed by atoms with Gasteiger partial charge in [0.1, 0.15) is 11.7 Å². The maximum Gasteiger partial charge on any atom is 0.256 e. The number of nitrogens with one attached hydrogen (secondary N) is 1. The van der Waals surface area contributed by atoms with E-state index in [0.717, 1.165) is 12.0 Å². The highest BCUT2D eigenvalue weighted by Gasteiger charge is 2.38. The molecule has 5 nitrogen and oxygen atoms in total. The number of carbonyl (C=O) groups is 2. The summed E-state index contributed by atoms with van der Waals surface area (Å²) in [6, 6.07) is 5.81. The molecule has 6 heteroatoms. The molecule has 1 heterocycles. The number of benzene rings is 1. The molecule has 23 heavy (non-hydrogen) atoms. The van der Waals surface area contributed by atoms with Gasteiger partial charge in [0.25, 0.3) is 5.91 Å². The largest absolute Gasteiger partial charge is 0.337 e. The molecule has 1 aliphatic heterocycles. The number of halogens is 1. The minimum Gasteiger partial charge on any atom is -0.337 e. The second kappa shape index (κ2) is 7.08. The van der Waals surface area contributed by atoms with Crippen LogP contribution in [0.4, 0.5) is 4.39 Å². The zero-order valence-corrected chi connectivity index (χ0v) is 13.8. The van der Waals surface area contributed by atoms with Crippen molar-refractivity contribution in [3.63, 3.8) is 0 Å². The van der Waals surface area contributed by atoms with E-state index in [0.29, 0.717) is 13.0 Å². The van der Waals surface area contributed by atoms with Crippen molar-refractivity contribution in [2.45, 2.75) is 45.8 Å². The number of rotatable bonds is 4. The van der Waals surface area contributed by atoms with E-state index in [9.17, 15) is 14.0 Å². The molecule has 1 saturated heterocycles. The van der Waals surface area contributed by atoms with E-state index in [1.165, 1.54) is 12.1 Å². The minimum absolute atomic E-state index is 0.121. The van der Waals surface area contributed by atoms with Gasteiger partial charge < -0.3 is 4.90 Å². The van der Waals surface area contributed by atoms with Crippen LogP contribution in [0, 0.1) is 11.7 Å².